The van der Waals surface area contributed by atoms with E-state index in [0.717, 1.165) is 23.8 Å². The lowest BCUT2D eigenvalue weighted by Crippen LogP contribution is -2.23. The Labute approximate surface area is 158 Å². The van der Waals surface area contributed by atoms with Gasteiger partial charge >= 0.3 is 0 Å². The summed E-state index contributed by atoms with van der Waals surface area (Å²) >= 11 is 0. The molecule has 0 radical (unpaired) electrons. The van der Waals surface area contributed by atoms with Crippen molar-refractivity contribution in [3.8, 4) is 11.1 Å². The molecule has 0 aliphatic rings. The highest BCUT2D eigenvalue weighted by Crippen LogP contribution is 2.33. The minimum absolute atomic E-state index is 0.0501. The fourth-order valence-electron chi connectivity index (χ4n) is 3.22. The number of halogens is 3. The van der Waals surface area contributed by atoms with Gasteiger partial charge in [0.2, 0.25) is 0 Å². The Bertz CT molecular complexity index is 1150. The molecule has 0 saturated heterocycles. The summed E-state index contributed by atoms with van der Waals surface area (Å²) in [5, 5.41) is 3.24. The fourth-order valence-corrected chi connectivity index (χ4v) is 3.22. The van der Waals surface area contributed by atoms with Crippen LogP contribution in [0.2, 0.25) is 0 Å². The van der Waals surface area contributed by atoms with Crippen LogP contribution in [0, 0.1) is 17.5 Å². The molecule has 6 heteroatoms. The Morgan fingerprint density at radius 2 is 1.57 bits per heavy atom. The SMILES string of the molecule is O=C(NCc1cc(F)cc(F)c1)c1[nH]c2ccc(F)cc2c1-c1ccccc1. The van der Waals surface area contributed by atoms with Crippen molar-refractivity contribution in [2.24, 2.45) is 0 Å². The van der Waals surface area contributed by atoms with Crippen LogP contribution in [0.1, 0.15) is 16.1 Å². The molecule has 2 N–H and O–H groups in total. The molecular weight excluding hydrogens is 365 g/mol. The monoisotopic (exact) mass is 380 g/mol. The summed E-state index contributed by atoms with van der Waals surface area (Å²) in [5.41, 5.74) is 2.49. The maximum atomic E-state index is 13.8. The molecule has 0 aliphatic heterocycles. The molecular formula is C22H15F3N2O. The van der Waals surface area contributed by atoms with E-state index in [1.165, 1.54) is 12.1 Å². The second-order valence-corrected chi connectivity index (χ2v) is 6.39. The molecule has 0 unspecified atom stereocenters. The number of H-pyrrole nitrogens is 1. The molecule has 3 aromatic carbocycles. The second-order valence-electron chi connectivity index (χ2n) is 6.39. The third-order valence-electron chi connectivity index (χ3n) is 4.43. The number of fused-ring (bicyclic) bond motifs is 1. The van der Waals surface area contributed by atoms with Gasteiger partial charge in [-0.2, -0.15) is 0 Å². The number of carbonyl (C=O) groups is 1. The number of amides is 1. The topological polar surface area (TPSA) is 44.9 Å². The molecule has 0 fully saturated rings. The van der Waals surface area contributed by atoms with E-state index in [0.29, 0.717) is 22.0 Å². The van der Waals surface area contributed by atoms with Crippen LogP contribution in [0.25, 0.3) is 22.0 Å². The van der Waals surface area contributed by atoms with E-state index in [9.17, 15) is 18.0 Å². The molecule has 28 heavy (non-hydrogen) atoms. The average Bonchev–Trinajstić information content (AvgIpc) is 3.04. The van der Waals surface area contributed by atoms with Gasteiger partial charge in [-0.3, -0.25) is 4.79 Å². The van der Waals surface area contributed by atoms with Crippen LogP contribution in [0.15, 0.2) is 66.7 Å². The predicted octanol–water partition coefficient (Wildman–Crippen LogP) is 5.18. The first-order valence-electron chi connectivity index (χ1n) is 8.61. The summed E-state index contributed by atoms with van der Waals surface area (Å²) in [5.74, 6) is -2.29. The zero-order valence-electron chi connectivity index (χ0n) is 14.6. The highest BCUT2D eigenvalue weighted by Gasteiger charge is 2.19. The van der Waals surface area contributed by atoms with E-state index in [4.69, 9.17) is 0 Å². The predicted molar refractivity (Wildman–Crippen MR) is 101 cm³/mol. The number of aromatic nitrogens is 1. The van der Waals surface area contributed by atoms with E-state index in [1.807, 2.05) is 30.3 Å². The standard InChI is InChI=1S/C22H15F3N2O/c23-15-6-7-19-18(11-15)20(14-4-2-1-3-5-14)21(27-19)22(28)26-12-13-8-16(24)10-17(25)9-13/h1-11,27H,12H2,(H,26,28). The van der Waals surface area contributed by atoms with Gasteiger partial charge in [0.05, 0.1) is 0 Å². The van der Waals surface area contributed by atoms with Crippen molar-refractivity contribution in [1.29, 1.82) is 0 Å². The zero-order valence-corrected chi connectivity index (χ0v) is 14.6. The molecule has 3 nitrogen and oxygen atoms in total. The number of aromatic amines is 1. The highest BCUT2D eigenvalue weighted by molar-refractivity contribution is 6.09. The molecule has 4 aromatic rings. The van der Waals surface area contributed by atoms with Crippen molar-refractivity contribution in [2.45, 2.75) is 6.54 Å². The third-order valence-corrected chi connectivity index (χ3v) is 4.43. The van der Waals surface area contributed by atoms with E-state index >= 15 is 0 Å². The Balaban J connectivity index is 1.72. The molecule has 4 rings (SSSR count). The summed E-state index contributed by atoms with van der Waals surface area (Å²) in [6.45, 7) is -0.0501. The maximum absolute atomic E-state index is 13.8. The molecule has 0 spiro atoms. The van der Waals surface area contributed by atoms with Gasteiger partial charge < -0.3 is 10.3 Å². The molecule has 140 valence electrons. The van der Waals surface area contributed by atoms with Crippen molar-refractivity contribution in [2.75, 3.05) is 0 Å². The first kappa shape index (κ1) is 17.9. The molecule has 1 amide bonds. The first-order valence-corrected chi connectivity index (χ1v) is 8.61. The molecule has 0 bridgehead atoms. The highest BCUT2D eigenvalue weighted by atomic mass is 19.1. The number of nitrogens with one attached hydrogen (secondary N) is 2. The maximum Gasteiger partial charge on any atom is 0.268 e. The largest absolute Gasteiger partial charge is 0.350 e. The minimum Gasteiger partial charge on any atom is -0.350 e. The van der Waals surface area contributed by atoms with Gasteiger partial charge in [-0.25, -0.2) is 13.2 Å². The zero-order chi connectivity index (χ0) is 19.7. The lowest BCUT2D eigenvalue weighted by atomic mass is 10.0. The van der Waals surface area contributed by atoms with Crippen molar-refractivity contribution in [1.82, 2.24) is 10.3 Å². The lowest BCUT2D eigenvalue weighted by molar-refractivity contribution is 0.0947. The summed E-state index contributed by atoms with van der Waals surface area (Å²) in [4.78, 5) is 15.8. The normalized spacial score (nSPS) is 11.0. The van der Waals surface area contributed by atoms with E-state index in [2.05, 4.69) is 10.3 Å². The Morgan fingerprint density at radius 3 is 2.29 bits per heavy atom. The van der Waals surface area contributed by atoms with Crippen LogP contribution in [-0.4, -0.2) is 10.9 Å². The Hall–Kier alpha value is -3.54. The summed E-state index contributed by atoms with van der Waals surface area (Å²) in [7, 11) is 0. The van der Waals surface area contributed by atoms with Crippen molar-refractivity contribution < 1.29 is 18.0 Å². The van der Waals surface area contributed by atoms with Crippen molar-refractivity contribution in [3.05, 3.63) is 95.4 Å². The Morgan fingerprint density at radius 1 is 0.857 bits per heavy atom. The van der Waals surface area contributed by atoms with Gasteiger partial charge in [0.15, 0.2) is 0 Å². The number of benzene rings is 3. The smallest absolute Gasteiger partial charge is 0.268 e. The molecule has 1 heterocycles. The quantitative estimate of drug-likeness (QED) is 0.503. The van der Waals surface area contributed by atoms with Gasteiger partial charge in [0.1, 0.15) is 23.1 Å². The van der Waals surface area contributed by atoms with Gasteiger partial charge in [-0.05, 0) is 41.5 Å². The van der Waals surface area contributed by atoms with Crippen LogP contribution in [0.4, 0.5) is 13.2 Å². The molecule has 0 aliphatic carbocycles. The molecule has 1 aromatic heterocycles. The number of hydrogen-bond acceptors (Lipinski definition) is 1. The van der Waals surface area contributed by atoms with Crippen molar-refractivity contribution >= 4 is 16.8 Å². The Kier molecular flexibility index (Phi) is 4.61. The van der Waals surface area contributed by atoms with Crippen LogP contribution in [0.3, 0.4) is 0 Å². The number of hydrogen-bond donors (Lipinski definition) is 2. The van der Waals surface area contributed by atoms with Gasteiger partial charge in [0.25, 0.3) is 5.91 Å². The average molecular weight is 380 g/mol. The van der Waals surface area contributed by atoms with E-state index < -0.39 is 23.4 Å². The summed E-state index contributed by atoms with van der Waals surface area (Å²) in [6.07, 6.45) is 0. The van der Waals surface area contributed by atoms with Gasteiger partial charge in [-0.1, -0.05) is 30.3 Å². The van der Waals surface area contributed by atoms with E-state index in [-0.39, 0.29) is 12.2 Å². The molecule has 0 atom stereocenters. The van der Waals surface area contributed by atoms with Gasteiger partial charge in [0, 0.05) is 29.1 Å². The van der Waals surface area contributed by atoms with Crippen LogP contribution in [0.5, 0.6) is 0 Å². The van der Waals surface area contributed by atoms with Crippen LogP contribution < -0.4 is 5.32 Å². The minimum atomic E-state index is -0.713. The van der Waals surface area contributed by atoms with Crippen LogP contribution in [-0.2, 0) is 6.54 Å². The first-order chi connectivity index (χ1) is 13.5. The molecule has 0 saturated carbocycles. The number of carbonyl (C=O) groups excluding carboxylic acids is 1. The summed E-state index contributed by atoms with van der Waals surface area (Å²) in [6, 6.07) is 16.5. The van der Waals surface area contributed by atoms with Gasteiger partial charge in [-0.15, -0.1) is 0 Å². The second kappa shape index (κ2) is 7.23. The summed E-state index contributed by atoms with van der Waals surface area (Å²) < 4.78 is 40.5. The van der Waals surface area contributed by atoms with Crippen LogP contribution >= 0.6 is 0 Å². The lowest BCUT2D eigenvalue weighted by Gasteiger charge is -2.08. The number of rotatable bonds is 4. The van der Waals surface area contributed by atoms with Crippen molar-refractivity contribution in [3.63, 3.8) is 0 Å². The van der Waals surface area contributed by atoms with E-state index in [1.54, 1.807) is 6.07 Å². The fraction of sp³-hybridized carbons (Fsp3) is 0.0455. The third kappa shape index (κ3) is 3.49.